The van der Waals surface area contributed by atoms with Crippen LogP contribution in [0.1, 0.15) is 30.6 Å². The second-order valence-corrected chi connectivity index (χ2v) is 12.3. The zero-order chi connectivity index (χ0) is 21.1. The lowest BCUT2D eigenvalue weighted by Crippen LogP contribution is -2.38. The summed E-state index contributed by atoms with van der Waals surface area (Å²) in [4.78, 5) is 26.8. The van der Waals surface area contributed by atoms with Crippen LogP contribution in [0.3, 0.4) is 0 Å². The summed E-state index contributed by atoms with van der Waals surface area (Å²) in [6.07, 6.45) is 0.328. The van der Waals surface area contributed by atoms with Gasteiger partial charge in [0.25, 0.3) is 5.91 Å². The molecule has 2 aliphatic heterocycles. The molecule has 1 atom stereocenters. The molecule has 2 heterocycles. The zero-order valence-electron chi connectivity index (χ0n) is 15.7. The van der Waals surface area contributed by atoms with Gasteiger partial charge in [-0.05, 0) is 38.5 Å². The van der Waals surface area contributed by atoms with Crippen LogP contribution in [0.15, 0.2) is 18.2 Å². The van der Waals surface area contributed by atoms with Crippen molar-refractivity contribution in [2.45, 2.75) is 26.3 Å². The number of sulfone groups is 1. The molecular weight excluding hydrogens is 428 g/mol. The van der Waals surface area contributed by atoms with Gasteiger partial charge >= 0.3 is 0 Å². The van der Waals surface area contributed by atoms with E-state index in [4.69, 9.17) is 11.6 Å². The molecule has 2 amide bonds. The van der Waals surface area contributed by atoms with Crippen molar-refractivity contribution in [2.24, 2.45) is 5.41 Å². The third-order valence-corrected chi connectivity index (χ3v) is 9.18. The number of halogens is 1. The topological polar surface area (TPSA) is 109 Å². The molecule has 8 nitrogen and oxygen atoms in total. The fourth-order valence-electron chi connectivity index (χ4n) is 3.50. The average molecular weight is 449 g/mol. The molecule has 3 rings (SSSR count). The van der Waals surface area contributed by atoms with Crippen LogP contribution in [-0.4, -0.2) is 63.9 Å². The summed E-state index contributed by atoms with van der Waals surface area (Å²) in [5, 5.41) is 0.0877. The molecule has 0 aromatic heterocycles. The molecule has 0 radical (unpaired) electrons. The van der Waals surface area contributed by atoms with E-state index in [1.807, 2.05) is 0 Å². The van der Waals surface area contributed by atoms with Crippen LogP contribution in [0.4, 0.5) is 5.69 Å². The number of hydrogen-bond donors (Lipinski definition) is 0. The lowest BCUT2D eigenvalue weighted by atomic mass is 9.95. The van der Waals surface area contributed by atoms with Crippen LogP contribution in [0.5, 0.6) is 0 Å². The highest BCUT2D eigenvalue weighted by atomic mass is 35.5. The first-order valence-electron chi connectivity index (χ1n) is 8.60. The maximum Gasteiger partial charge on any atom is 0.255 e. The van der Waals surface area contributed by atoms with Crippen molar-refractivity contribution in [2.75, 3.05) is 28.6 Å². The van der Waals surface area contributed by atoms with Gasteiger partial charge in [-0.15, -0.1) is 0 Å². The SMILES string of the molecule is CN(C(=O)c1cc(N2C(=O)C(C)(C)CS2(=O)=O)ccc1Cl)[C@@H]1CCS(=O)(=O)C1. The number of carbonyl (C=O) groups excluding carboxylic acids is 2. The Kier molecular flexibility index (Phi) is 5.04. The largest absolute Gasteiger partial charge is 0.338 e. The molecule has 1 aromatic carbocycles. The fourth-order valence-corrected chi connectivity index (χ4v) is 7.57. The number of anilines is 1. The molecule has 11 heteroatoms. The molecule has 2 saturated heterocycles. The van der Waals surface area contributed by atoms with Crippen LogP contribution < -0.4 is 4.31 Å². The Morgan fingerprint density at radius 2 is 1.89 bits per heavy atom. The van der Waals surface area contributed by atoms with Crippen molar-refractivity contribution in [3.63, 3.8) is 0 Å². The summed E-state index contributed by atoms with van der Waals surface area (Å²) >= 11 is 6.15. The van der Waals surface area contributed by atoms with E-state index in [-0.39, 0.29) is 33.5 Å². The van der Waals surface area contributed by atoms with Crippen molar-refractivity contribution in [3.8, 4) is 0 Å². The molecule has 2 fully saturated rings. The van der Waals surface area contributed by atoms with Crippen LogP contribution in [0.25, 0.3) is 0 Å². The standard InChI is InChI=1S/C17H21ClN2O6S2/c1-17(2)10-28(25,26)20(16(17)22)11-4-5-14(18)13(8-11)15(21)19(3)12-6-7-27(23,24)9-12/h4-5,8,12H,6-7,9-10H2,1-3H3/t12-/m1/s1. The van der Waals surface area contributed by atoms with Gasteiger partial charge in [-0.3, -0.25) is 9.59 Å². The molecule has 0 aliphatic carbocycles. The summed E-state index contributed by atoms with van der Waals surface area (Å²) in [5.41, 5.74) is -1.02. The monoisotopic (exact) mass is 448 g/mol. The smallest absolute Gasteiger partial charge is 0.255 e. The molecule has 0 bridgehead atoms. The second-order valence-electron chi connectivity index (χ2n) is 7.85. The van der Waals surface area contributed by atoms with Crippen LogP contribution in [-0.2, 0) is 24.7 Å². The van der Waals surface area contributed by atoms with E-state index >= 15 is 0 Å². The van der Waals surface area contributed by atoms with Gasteiger partial charge in [0.15, 0.2) is 9.84 Å². The van der Waals surface area contributed by atoms with E-state index in [0.29, 0.717) is 10.7 Å². The van der Waals surface area contributed by atoms with Gasteiger partial charge in [0, 0.05) is 13.1 Å². The first kappa shape index (κ1) is 21.1. The van der Waals surface area contributed by atoms with E-state index in [1.54, 1.807) is 13.8 Å². The predicted octanol–water partition coefficient (Wildman–Crippen LogP) is 1.30. The molecule has 0 N–H and O–H groups in total. The highest BCUT2D eigenvalue weighted by Gasteiger charge is 2.50. The zero-order valence-corrected chi connectivity index (χ0v) is 18.1. The quantitative estimate of drug-likeness (QED) is 0.689. The molecule has 0 saturated carbocycles. The van der Waals surface area contributed by atoms with Gasteiger partial charge in [0.05, 0.1) is 38.9 Å². The number of nitrogens with zero attached hydrogens (tertiary/aromatic N) is 2. The molecule has 1 aromatic rings. The van der Waals surface area contributed by atoms with Crippen LogP contribution >= 0.6 is 11.6 Å². The van der Waals surface area contributed by atoms with Crippen LogP contribution in [0.2, 0.25) is 5.02 Å². The minimum atomic E-state index is -3.87. The number of carbonyl (C=O) groups is 2. The van der Waals surface area contributed by atoms with Gasteiger partial charge in [0.1, 0.15) is 0 Å². The van der Waals surface area contributed by atoms with Gasteiger partial charge in [-0.25, -0.2) is 21.1 Å². The van der Waals surface area contributed by atoms with Crippen LogP contribution in [0, 0.1) is 5.41 Å². The maximum absolute atomic E-state index is 12.9. The molecule has 28 heavy (non-hydrogen) atoms. The fraction of sp³-hybridized carbons (Fsp3) is 0.529. The highest BCUT2D eigenvalue weighted by molar-refractivity contribution is 7.94. The summed E-state index contributed by atoms with van der Waals surface area (Å²) in [6, 6.07) is 3.52. The summed E-state index contributed by atoms with van der Waals surface area (Å²) < 4.78 is 49.1. The Hall–Kier alpha value is -1.65. The van der Waals surface area contributed by atoms with Gasteiger partial charge in [0.2, 0.25) is 15.9 Å². The van der Waals surface area contributed by atoms with E-state index < -0.39 is 43.1 Å². The number of hydrogen-bond acceptors (Lipinski definition) is 6. The van der Waals surface area contributed by atoms with Gasteiger partial charge in [-0.2, -0.15) is 0 Å². The summed E-state index contributed by atoms with van der Waals surface area (Å²) in [6.45, 7) is 3.09. The third-order valence-electron chi connectivity index (χ3n) is 5.08. The molecule has 154 valence electrons. The number of amides is 2. The van der Waals surface area contributed by atoms with Crippen molar-refractivity contribution in [1.29, 1.82) is 0 Å². The minimum absolute atomic E-state index is 0.0126. The average Bonchev–Trinajstić information content (AvgIpc) is 3.00. The number of rotatable bonds is 3. The van der Waals surface area contributed by atoms with E-state index in [0.717, 1.165) is 0 Å². The summed E-state index contributed by atoms with van der Waals surface area (Å²) in [5.74, 6) is -1.55. The van der Waals surface area contributed by atoms with E-state index in [1.165, 1.54) is 30.1 Å². The first-order chi connectivity index (χ1) is 12.8. The maximum atomic E-state index is 12.9. The normalized spacial score (nSPS) is 25.1. The van der Waals surface area contributed by atoms with Gasteiger partial charge < -0.3 is 4.90 Å². The first-order valence-corrected chi connectivity index (χ1v) is 12.4. The Morgan fingerprint density at radius 1 is 1.25 bits per heavy atom. The Morgan fingerprint density at radius 3 is 2.39 bits per heavy atom. The number of benzene rings is 1. The summed E-state index contributed by atoms with van der Waals surface area (Å²) in [7, 11) is -5.57. The Bertz CT molecular complexity index is 1070. The van der Waals surface area contributed by atoms with E-state index in [2.05, 4.69) is 0 Å². The van der Waals surface area contributed by atoms with Crippen molar-refractivity contribution < 1.29 is 26.4 Å². The third kappa shape index (κ3) is 3.65. The lowest BCUT2D eigenvalue weighted by molar-refractivity contribution is -0.123. The molecular formula is C17H21ClN2O6S2. The van der Waals surface area contributed by atoms with E-state index in [9.17, 15) is 26.4 Å². The Balaban J connectivity index is 1.96. The van der Waals surface area contributed by atoms with Crippen molar-refractivity contribution in [1.82, 2.24) is 4.90 Å². The van der Waals surface area contributed by atoms with Gasteiger partial charge in [-0.1, -0.05) is 11.6 Å². The minimum Gasteiger partial charge on any atom is -0.338 e. The number of sulfonamides is 1. The second kappa shape index (κ2) is 6.70. The van der Waals surface area contributed by atoms with Crippen molar-refractivity contribution in [3.05, 3.63) is 28.8 Å². The molecule has 0 unspecified atom stereocenters. The molecule has 0 spiro atoms. The molecule has 2 aliphatic rings. The lowest BCUT2D eigenvalue weighted by Gasteiger charge is -2.25. The predicted molar refractivity (Wildman–Crippen MR) is 106 cm³/mol. The highest BCUT2D eigenvalue weighted by Crippen LogP contribution is 2.37. The Labute approximate surface area is 169 Å². The van der Waals surface area contributed by atoms with Crippen molar-refractivity contribution >= 4 is 49.0 Å².